The molecule has 0 unspecified atom stereocenters. The Balaban J connectivity index is 0.00000243. The molecule has 135 valence electrons. The molecule has 1 amide bonds. The monoisotopic (exact) mass is 427 g/mol. The van der Waals surface area contributed by atoms with Gasteiger partial charge < -0.3 is 14.4 Å². The van der Waals surface area contributed by atoms with E-state index < -0.39 is 0 Å². The molecule has 1 heterocycles. The Morgan fingerprint density at radius 1 is 1.23 bits per heavy atom. The third kappa shape index (κ3) is 5.31. The van der Waals surface area contributed by atoms with Crippen LogP contribution in [0.5, 0.6) is 5.75 Å². The number of ether oxygens (including phenoxy) is 2. The summed E-state index contributed by atoms with van der Waals surface area (Å²) in [5, 5.41) is 0. The number of benzene rings is 2. The number of hydrogen-bond acceptors (Lipinski definition) is 3. The molecule has 0 saturated carbocycles. The summed E-state index contributed by atoms with van der Waals surface area (Å²) in [6, 6.07) is 17.6. The van der Waals surface area contributed by atoms with Crippen molar-refractivity contribution in [1.29, 1.82) is 0 Å². The molecule has 2 aromatic rings. The molecule has 5 heteroatoms. The molecule has 0 N–H and O–H groups in total. The van der Waals surface area contributed by atoms with Crippen LogP contribution in [0.2, 0.25) is 0 Å². The molecule has 26 heavy (non-hydrogen) atoms. The number of hydrogen-bond donors (Lipinski definition) is 0. The number of carbonyl (C=O) groups excluding carboxylic acids is 1. The molecule has 0 bridgehead atoms. The Morgan fingerprint density at radius 3 is 2.58 bits per heavy atom. The molecule has 3 rings (SSSR count). The van der Waals surface area contributed by atoms with Crippen molar-refractivity contribution >= 4 is 6.09 Å². The van der Waals surface area contributed by atoms with Gasteiger partial charge >= 0.3 is 6.09 Å². The normalized spacial score (nSPS) is 14.5. The second kappa shape index (κ2) is 10.1. The van der Waals surface area contributed by atoms with Crippen molar-refractivity contribution in [2.45, 2.75) is 32.3 Å². The Labute approximate surface area is 180 Å². The van der Waals surface area contributed by atoms with E-state index in [1.165, 1.54) is 12.7 Å². The van der Waals surface area contributed by atoms with E-state index in [0.29, 0.717) is 25.6 Å². The van der Waals surface area contributed by atoms with Crippen LogP contribution < -0.4 is 4.74 Å². The van der Waals surface area contributed by atoms with E-state index in [9.17, 15) is 4.79 Å². The molecule has 1 aliphatic heterocycles. The second-order valence-corrected chi connectivity index (χ2v) is 6.44. The van der Waals surface area contributed by atoms with Gasteiger partial charge in [0.05, 0.1) is 7.11 Å². The van der Waals surface area contributed by atoms with Crippen LogP contribution in [0, 0.1) is 13.0 Å². The third-order valence-electron chi connectivity index (χ3n) is 4.69. The van der Waals surface area contributed by atoms with Gasteiger partial charge in [0, 0.05) is 51.5 Å². The predicted octanol–water partition coefficient (Wildman–Crippen LogP) is 4.32. The number of carbonyl (C=O) groups is 1. The first-order chi connectivity index (χ1) is 12.2. The van der Waals surface area contributed by atoms with Gasteiger partial charge in [-0.05, 0) is 18.4 Å². The summed E-state index contributed by atoms with van der Waals surface area (Å²) in [6.07, 6.45) is 1.58. The third-order valence-corrected chi connectivity index (χ3v) is 4.69. The average molecular weight is 427 g/mol. The van der Waals surface area contributed by atoms with Crippen molar-refractivity contribution in [2.24, 2.45) is 0 Å². The molecule has 1 saturated heterocycles. The summed E-state index contributed by atoms with van der Waals surface area (Å²) >= 11 is 0. The van der Waals surface area contributed by atoms with Crippen molar-refractivity contribution in [2.75, 3.05) is 20.2 Å². The van der Waals surface area contributed by atoms with Gasteiger partial charge in [0.25, 0.3) is 0 Å². The summed E-state index contributed by atoms with van der Waals surface area (Å²) in [5.74, 6) is 1.31. The zero-order valence-electron chi connectivity index (χ0n) is 15.4. The molecule has 0 aliphatic carbocycles. The standard InChI is InChI=1S/C21H24NO3.Y/c1-16-8-9-19(18-10-12-22(13-11-18)21(23)24-2)20(14-16)25-15-17-6-4-3-5-7-17;/h3-7,9,14,18H,10-13,15H2,1-2H3;/q-1;. The van der Waals surface area contributed by atoms with Gasteiger partial charge in [-0.2, -0.15) is 17.7 Å². The van der Waals surface area contributed by atoms with Crippen LogP contribution in [0.3, 0.4) is 0 Å². The van der Waals surface area contributed by atoms with Crippen LogP contribution >= 0.6 is 0 Å². The van der Waals surface area contributed by atoms with Crippen LogP contribution in [0.25, 0.3) is 0 Å². The fourth-order valence-electron chi connectivity index (χ4n) is 3.27. The quantitative estimate of drug-likeness (QED) is 0.683. The van der Waals surface area contributed by atoms with Gasteiger partial charge in [0.15, 0.2) is 0 Å². The van der Waals surface area contributed by atoms with Gasteiger partial charge in [0.2, 0.25) is 0 Å². The second-order valence-electron chi connectivity index (χ2n) is 6.44. The fourth-order valence-corrected chi connectivity index (χ4v) is 3.27. The molecular weight excluding hydrogens is 403 g/mol. The van der Waals surface area contributed by atoms with E-state index in [1.807, 2.05) is 31.2 Å². The number of aryl methyl sites for hydroxylation is 1. The smallest absolute Gasteiger partial charge is 0.409 e. The molecule has 1 aliphatic rings. The summed E-state index contributed by atoms with van der Waals surface area (Å²) in [4.78, 5) is 13.4. The SMILES string of the molecule is COC(=O)N1CCC(c2c[c-]c(C)cc2OCc2ccccc2)CC1.[Y]. The molecule has 1 fully saturated rings. The number of piperidine rings is 1. The molecule has 1 radical (unpaired) electrons. The van der Waals surface area contributed by atoms with Gasteiger partial charge in [-0.25, -0.2) is 4.79 Å². The van der Waals surface area contributed by atoms with Crippen molar-refractivity contribution in [3.05, 3.63) is 65.2 Å². The van der Waals surface area contributed by atoms with Crippen LogP contribution in [0.4, 0.5) is 4.79 Å². The topological polar surface area (TPSA) is 38.8 Å². The molecule has 4 nitrogen and oxygen atoms in total. The van der Waals surface area contributed by atoms with Crippen LogP contribution in [0.15, 0.2) is 42.5 Å². The van der Waals surface area contributed by atoms with Crippen molar-refractivity contribution in [1.82, 2.24) is 4.90 Å². The maximum absolute atomic E-state index is 11.7. The first-order valence-corrected chi connectivity index (χ1v) is 8.69. The Kier molecular flexibility index (Phi) is 8.11. The Morgan fingerprint density at radius 2 is 1.92 bits per heavy atom. The predicted molar refractivity (Wildman–Crippen MR) is 96.7 cm³/mol. The van der Waals surface area contributed by atoms with Crippen molar-refractivity contribution < 1.29 is 47.0 Å². The zero-order chi connectivity index (χ0) is 17.6. The van der Waals surface area contributed by atoms with Crippen molar-refractivity contribution in [3.63, 3.8) is 0 Å². The Hall–Kier alpha value is -1.39. The number of amides is 1. The number of nitrogens with zero attached hydrogens (tertiary/aromatic N) is 1. The first kappa shape index (κ1) is 20.9. The average Bonchev–Trinajstić information content (AvgIpc) is 2.67. The minimum atomic E-state index is -0.241. The van der Waals surface area contributed by atoms with Gasteiger partial charge in [-0.3, -0.25) is 0 Å². The molecule has 0 atom stereocenters. The van der Waals surface area contributed by atoms with E-state index in [4.69, 9.17) is 9.47 Å². The van der Waals surface area contributed by atoms with Crippen LogP contribution in [-0.4, -0.2) is 31.2 Å². The van der Waals surface area contributed by atoms with E-state index in [-0.39, 0.29) is 38.8 Å². The van der Waals surface area contributed by atoms with E-state index in [2.05, 4.69) is 24.3 Å². The van der Waals surface area contributed by atoms with E-state index in [1.54, 1.807) is 4.90 Å². The molecule has 0 spiro atoms. The minimum Gasteiger partial charge on any atom is -0.514 e. The van der Waals surface area contributed by atoms with Crippen LogP contribution in [-0.2, 0) is 44.1 Å². The zero-order valence-corrected chi connectivity index (χ0v) is 18.2. The summed E-state index contributed by atoms with van der Waals surface area (Å²) in [6.45, 7) is 4.00. The van der Waals surface area contributed by atoms with Gasteiger partial charge in [-0.15, -0.1) is 11.6 Å². The van der Waals surface area contributed by atoms with E-state index in [0.717, 1.165) is 29.7 Å². The summed E-state index contributed by atoms with van der Waals surface area (Å²) in [5.41, 5.74) is 3.41. The maximum Gasteiger partial charge on any atom is 0.409 e. The Bertz CT molecular complexity index is 712. The number of likely N-dealkylation sites (tertiary alicyclic amines) is 1. The molecular formula is C21H24NO3Y-. The molecule has 2 aromatic carbocycles. The van der Waals surface area contributed by atoms with Gasteiger partial charge in [0.1, 0.15) is 6.61 Å². The fraction of sp³-hybridized carbons (Fsp3) is 0.381. The minimum absolute atomic E-state index is 0. The van der Waals surface area contributed by atoms with Crippen molar-refractivity contribution in [3.8, 4) is 5.75 Å². The number of methoxy groups -OCH3 is 1. The van der Waals surface area contributed by atoms with Crippen LogP contribution in [0.1, 0.15) is 35.4 Å². The van der Waals surface area contributed by atoms with Gasteiger partial charge in [-0.1, -0.05) is 43.2 Å². The van der Waals surface area contributed by atoms with E-state index >= 15 is 0 Å². The first-order valence-electron chi connectivity index (χ1n) is 8.69. The summed E-state index contributed by atoms with van der Waals surface area (Å²) in [7, 11) is 1.43. The number of rotatable bonds is 4. The largest absolute Gasteiger partial charge is 0.514 e. The maximum atomic E-state index is 11.7. The summed E-state index contributed by atoms with van der Waals surface area (Å²) < 4.78 is 10.9. The molecule has 0 aromatic heterocycles.